The first-order valence-electron chi connectivity index (χ1n) is 5.86. The van der Waals surface area contributed by atoms with Gasteiger partial charge in [-0.3, -0.25) is 14.9 Å². The summed E-state index contributed by atoms with van der Waals surface area (Å²) in [6.07, 6.45) is 3.72. The Hall–Kier alpha value is -1.10. The molecule has 1 rings (SSSR count). The molecule has 92 valence electrons. The lowest BCUT2D eigenvalue weighted by atomic mass is 10.2. The second kappa shape index (κ2) is 6.48. The van der Waals surface area contributed by atoms with E-state index in [1.807, 2.05) is 6.92 Å². The SMILES string of the molecule is CCCC(NCC(=O)NCC1CC1)C(=O)O. The Kier molecular flexibility index (Phi) is 5.25. The van der Waals surface area contributed by atoms with Crippen LogP contribution in [0.2, 0.25) is 0 Å². The molecule has 0 aliphatic heterocycles. The van der Waals surface area contributed by atoms with Crippen LogP contribution in [0.3, 0.4) is 0 Å². The second-order valence-corrected chi connectivity index (χ2v) is 4.31. The molecule has 0 heterocycles. The molecule has 16 heavy (non-hydrogen) atoms. The number of carbonyl (C=O) groups is 2. The average molecular weight is 228 g/mol. The standard InChI is InChI=1S/C11H20N2O3/c1-2-3-9(11(15)16)12-7-10(14)13-6-8-4-5-8/h8-9,12H,2-7H2,1H3,(H,13,14)(H,15,16). The van der Waals surface area contributed by atoms with Crippen LogP contribution in [0.1, 0.15) is 32.6 Å². The summed E-state index contributed by atoms with van der Waals surface area (Å²) in [6.45, 7) is 2.74. The van der Waals surface area contributed by atoms with E-state index in [9.17, 15) is 9.59 Å². The Morgan fingerprint density at radius 2 is 2.12 bits per heavy atom. The van der Waals surface area contributed by atoms with Crippen LogP contribution in [-0.2, 0) is 9.59 Å². The molecule has 1 unspecified atom stereocenters. The number of rotatable bonds is 8. The minimum absolute atomic E-state index is 0.0870. The monoisotopic (exact) mass is 228 g/mol. The molecule has 0 radical (unpaired) electrons. The largest absolute Gasteiger partial charge is 0.480 e. The molecule has 1 fully saturated rings. The summed E-state index contributed by atoms with van der Waals surface area (Å²) in [5.74, 6) is -0.360. The number of carboxylic acid groups (broad SMARTS) is 1. The van der Waals surface area contributed by atoms with Crippen molar-refractivity contribution >= 4 is 11.9 Å². The molecular weight excluding hydrogens is 208 g/mol. The van der Waals surface area contributed by atoms with Gasteiger partial charge in [0.25, 0.3) is 0 Å². The highest BCUT2D eigenvalue weighted by Gasteiger charge is 2.22. The molecule has 0 aromatic carbocycles. The van der Waals surface area contributed by atoms with Gasteiger partial charge in [-0.25, -0.2) is 0 Å². The van der Waals surface area contributed by atoms with Gasteiger partial charge in [-0.2, -0.15) is 0 Å². The summed E-state index contributed by atoms with van der Waals surface area (Å²) in [7, 11) is 0. The lowest BCUT2D eigenvalue weighted by Crippen LogP contribution is -2.43. The van der Waals surface area contributed by atoms with Crippen LogP contribution in [-0.4, -0.2) is 36.1 Å². The van der Waals surface area contributed by atoms with Gasteiger partial charge in [0.2, 0.25) is 5.91 Å². The van der Waals surface area contributed by atoms with Crippen molar-refractivity contribution in [2.24, 2.45) is 5.92 Å². The minimum Gasteiger partial charge on any atom is -0.480 e. The summed E-state index contributed by atoms with van der Waals surface area (Å²) >= 11 is 0. The summed E-state index contributed by atoms with van der Waals surface area (Å²) in [6, 6.07) is -0.614. The van der Waals surface area contributed by atoms with Gasteiger partial charge < -0.3 is 10.4 Å². The van der Waals surface area contributed by atoms with Gasteiger partial charge in [-0.15, -0.1) is 0 Å². The molecule has 1 saturated carbocycles. The van der Waals surface area contributed by atoms with Crippen LogP contribution in [0.4, 0.5) is 0 Å². The van der Waals surface area contributed by atoms with Crippen molar-refractivity contribution < 1.29 is 14.7 Å². The van der Waals surface area contributed by atoms with Crippen molar-refractivity contribution in [2.45, 2.75) is 38.6 Å². The highest BCUT2D eigenvalue weighted by molar-refractivity contribution is 5.79. The topological polar surface area (TPSA) is 78.4 Å². The fourth-order valence-corrected chi connectivity index (χ4v) is 1.46. The number of carbonyl (C=O) groups excluding carboxylic acids is 1. The summed E-state index contributed by atoms with van der Waals surface area (Å²) in [5.41, 5.74) is 0. The van der Waals surface area contributed by atoms with Crippen molar-refractivity contribution in [2.75, 3.05) is 13.1 Å². The predicted molar refractivity (Wildman–Crippen MR) is 60.1 cm³/mol. The van der Waals surface area contributed by atoms with Crippen LogP contribution >= 0.6 is 0 Å². The van der Waals surface area contributed by atoms with E-state index in [4.69, 9.17) is 5.11 Å². The lowest BCUT2D eigenvalue weighted by Gasteiger charge is -2.13. The van der Waals surface area contributed by atoms with Crippen molar-refractivity contribution in [3.05, 3.63) is 0 Å². The maximum atomic E-state index is 11.3. The van der Waals surface area contributed by atoms with E-state index < -0.39 is 12.0 Å². The zero-order valence-electron chi connectivity index (χ0n) is 9.66. The smallest absolute Gasteiger partial charge is 0.320 e. The Labute approximate surface area is 95.6 Å². The third kappa shape index (κ3) is 5.11. The molecule has 0 aromatic heterocycles. The van der Waals surface area contributed by atoms with E-state index in [1.165, 1.54) is 12.8 Å². The number of carboxylic acids is 1. The van der Waals surface area contributed by atoms with Crippen LogP contribution in [0.25, 0.3) is 0 Å². The zero-order chi connectivity index (χ0) is 12.0. The second-order valence-electron chi connectivity index (χ2n) is 4.31. The molecule has 1 atom stereocenters. The fraction of sp³-hybridized carbons (Fsp3) is 0.818. The van der Waals surface area contributed by atoms with Crippen LogP contribution in [0, 0.1) is 5.92 Å². The van der Waals surface area contributed by atoms with Crippen molar-refractivity contribution in [1.82, 2.24) is 10.6 Å². The summed E-state index contributed by atoms with van der Waals surface area (Å²) in [4.78, 5) is 22.1. The van der Waals surface area contributed by atoms with Gasteiger partial charge in [0, 0.05) is 6.54 Å². The Balaban J connectivity index is 2.13. The average Bonchev–Trinajstić information content (AvgIpc) is 3.04. The van der Waals surface area contributed by atoms with Gasteiger partial charge in [0.1, 0.15) is 6.04 Å². The van der Waals surface area contributed by atoms with E-state index in [0.717, 1.165) is 13.0 Å². The summed E-state index contributed by atoms with van der Waals surface area (Å²) < 4.78 is 0. The molecule has 0 saturated heterocycles. The van der Waals surface area contributed by atoms with Gasteiger partial charge in [0.15, 0.2) is 0 Å². The molecule has 1 aliphatic rings. The molecule has 0 bridgehead atoms. The first kappa shape index (κ1) is 13.0. The number of nitrogens with one attached hydrogen (secondary N) is 2. The quantitative estimate of drug-likeness (QED) is 0.560. The first-order valence-corrected chi connectivity index (χ1v) is 5.86. The maximum absolute atomic E-state index is 11.3. The molecule has 1 aliphatic carbocycles. The highest BCUT2D eigenvalue weighted by atomic mass is 16.4. The Morgan fingerprint density at radius 1 is 1.44 bits per heavy atom. The van der Waals surface area contributed by atoms with Gasteiger partial charge in [-0.1, -0.05) is 13.3 Å². The Bertz CT molecular complexity index is 252. The van der Waals surface area contributed by atoms with E-state index >= 15 is 0 Å². The molecular formula is C11H20N2O3. The predicted octanol–water partition coefficient (Wildman–Crippen LogP) is 0.355. The van der Waals surface area contributed by atoms with Crippen molar-refractivity contribution in [1.29, 1.82) is 0 Å². The van der Waals surface area contributed by atoms with E-state index in [2.05, 4.69) is 10.6 Å². The molecule has 1 amide bonds. The number of hydrogen-bond acceptors (Lipinski definition) is 3. The molecule has 5 heteroatoms. The minimum atomic E-state index is -0.892. The molecule has 0 aromatic rings. The van der Waals surface area contributed by atoms with Crippen molar-refractivity contribution in [3.8, 4) is 0 Å². The highest BCUT2D eigenvalue weighted by Crippen LogP contribution is 2.27. The number of amides is 1. The van der Waals surface area contributed by atoms with Gasteiger partial charge >= 0.3 is 5.97 Å². The van der Waals surface area contributed by atoms with E-state index in [0.29, 0.717) is 12.3 Å². The normalized spacial score (nSPS) is 16.8. The molecule has 0 spiro atoms. The van der Waals surface area contributed by atoms with E-state index in [-0.39, 0.29) is 12.5 Å². The number of hydrogen-bond donors (Lipinski definition) is 3. The fourth-order valence-electron chi connectivity index (χ4n) is 1.46. The van der Waals surface area contributed by atoms with Crippen LogP contribution in [0.15, 0.2) is 0 Å². The Morgan fingerprint density at radius 3 is 2.62 bits per heavy atom. The van der Waals surface area contributed by atoms with Crippen LogP contribution < -0.4 is 10.6 Å². The van der Waals surface area contributed by atoms with Gasteiger partial charge in [-0.05, 0) is 25.2 Å². The third-order valence-corrected chi connectivity index (χ3v) is 2.67. The van der Waals surface area contributed by atoms with E-state index in [1.54, 1.807) is 0 Å². The maximum Gasteiger partial charge on any atom is 0.320 e. The third-order valence-electron chi connectivity index (χ3n) is 2.67. The zero-order valence-corrected chi connectivity index (χ0v) is 9.66. The lowest BCUT2D eigenvalue weighted by molar-refractivity contribution is -0.139. The number of aliphatic carboxylic acids is 1. The summed E-state index contributed by atoms with van der Waals surface area (Å²) in [5, 5.41) is 14.4. The van der Waals surface area contributed by atoms with Crippen molar-refractivity contribution in [3.63, 3.8) is 0 Å². The van der Waals surface area contributed by atoms with Gasteiger partial charge in [0.05, 0.1) is 6.54 Å². The molecule has 5 nitrogen and oxygen atoms in total. The first-order chi connectivity index (χ1) is 7.63. The molecule has 3 N–H and O–H groups in total. The van der Waals surface area contributed by atoms with Crippen LogP contribution in [0.5, 0.6) is 0 Å².